The first-order chi connectivity index (χ1) is 15.2. The maximum absolute atomic E-state index is 6.27. The largest absolute Gasteiger partial charge is 0.484 e. The number of hydrogen-bond acceptors (Lipinski definition) is 5. The summed E-state index contributed by atoms with van der Waals surface area (Å²) < 4.78 is 7.72. The van der Waals surface area contributed by atoms with Crippen LogP contribution in [-0.4, -0.2) is 20.6 Å². The number of aryl methyl sites for hydroxylation is 1. The van der Waals surface area contributed by atoms with Gasteiger partial charge in [-0.05, 0) is 35.7 Å². The molecule has 2 heterocycles. The van der Waals surface area contributed by atoms with E-state index < -0.39 is 0 Å². The van der Waals surface area contributed by atoms with E-state index in [4.69, 9.17) is 21.4 Å². The molecule has 5 nitrogen and oxygen atoms in total. The quantitative estimate of drug-likeness (QED) is 0.382. The summed E-state index contributed by atoms with van der Waals surface area (Å²) in [6.45, 7) is 2.22. The van der Waals surface area contributed by atoms with E-state index in [2.05, 4.69) is 34.5 Å². The predicted octanol–water partition coefficient (Wildman–Crippen LogP) is 5.92. The van der Waals surface area contributed by atoms with Gasteiger partial charge in [0.15, 0.2) is 5.82 Å². The van der Waals surface area contributed by atoms with E-state index in [1.54, 1.807) is 16.4 Å². The van der Waals surface area contributed by atoms with Crippen LogP contribution in [-0.2, 0) is 6.61 Å². The van der Waals surface area contributed by atoms with Crippen LogP contribution in [0.4, 0.5) is 0 Å². The molecule has 0 saturated heterocycles. The van der Waals surface area contributed by atoms with Crippen molar-refractivity contribution >= 4 is 29.1 Å². The van der Waals surface area contributed by atoms with Gasteiger partial charge in [-0.2, -0.15) is 9.78 Å². The zero-order valence-electron chi connectivity index (χ0n) is 16.8. The number of hydrogen-bond donors (Lipinski definition) is 0. The van der Waals surface area contributed by atoms with Crippen molar-refractivity contribution in [2.75, 3.05) is 0 Å². The Kier molecular flexibility index (Phi) is 5.49. The van der Waals surface area contributed by atoms with E-state index in [1.807, 2.05) is 61.5 Å². The molecule has 0 saturated carbocycles. The van der Waals surface area contributed by atoms with Crippen molar-refractivity contribution < 1.29 is 4.74 Å². The van der Waals surface area contributed by atoms with Gasteiger partial charge in [0.05, 0.1) is 16.0 Å². The third-order valence-corrected chi connectivity index (χ3v) is 6.48. The Hall–Kier alpha value is -3.09. The number of nitrogens with zero attached hydrogens (tertiary/aromatic N) is 4. The molecule has 1 aromatic heterocycles. The van der Waals surface area contributed by atoms with Crippen LogP contribution in [0.3, 0.4) is 0 Å². The molecule has 1 aliphatic heterocycles. The lowest BCUT2D eigenvalue weighted by molar-refractivity contribution is 0.290. The first-order valence-corrected chi connectivity index (χ1v) is 11.1. The molecular formula is C24H19ClN4OS. The van der Waals surface area contributed by atoms with E-state index in [9.17, 15) is 0 Å². The van der Waals surface area contributed by atoms with Gasteiger partial charge in [-0.15, -0.1) is 10.2 Å². The highest BCUT2D eigenvalue weighted by Crippen LogP contribution is 2.41. The fourth-order valence-corrected chi connectivity index (χ4v) is 4.72. The van der Waals surface area contributed by atoms with Crippen LogP contribution in [0.5, 0.6) is 5.75 Å². The van der Waals surface area contributed by atoms with Crippen LogP contribution < -0.4 is 4.74 Å². The second kappa shape index (κ2) is 8.57. The van der Waals surface area contributed by atoms with Crippen LogP contribution in [0.15, 0.2) is 89.1 Å². The number of benzene rings is 3. The molecule has 1 unspecified atom stereocenters. The lowest BCUT2D eigenvalue weighted by Crippen LogP contribution is -2.19. The van der Waals surface area contributed by atoms with E-state index in [-0.39, 0.29) is 11.9 Å². The van der Waals surface area contributed by atoms with Gasteiger partial charge in [-0.3, -0.25) is 0 Å². The van der Waals surface area contributed by atoms with Crippen LogP contribution in [0.2, 0.25) is 5.02 Å². The number of halogens is 1. The minimum Gasteiger partial charge on any atom is -0.484 e. The molecule has 5 rings (SSSR count). The summed E-state index contributed by atoms with van der Waals surface area (Å²) in [4.78, 5) is 0. The fourth-order valence-electron chi connectivity index (χ4n) is 3.42. The standard InChI is InChI=1S/C24H19ClN4OS/c1-16-12-13-19(25)20(14-16)30-15-21-26-27-24-29(21)28-22(17-8-4-2-5-9-17)23(31-24)18-10-6-3-7-11-18/h2-14,23H,15H2,1H3. The molecule has 7 heteroatoms. The Balaban J connectivity index is 1.50. The number of thioether (sulfide) groups is 1. The van der Waals surface area contributed by atoms with Gasteiger partial charge in [0.1, 0.15) is 12.4 Å². The van der Waals surface area contributed by atoms with Gasteiger partial charge < -0.3 is 4.74 Å². The highest BCUT2D eigenvalue weighted by molar-refractivity contribution is 8.00. The van der Waals surface area contributed by atoms with Crippen LogP contribution >= 0.6 is 23.4 Å². The Morgan fingerprint density at radius 2 is 1.71 bits per heavy atom. The highest BCUT2D eigenvalue weighted by atomic mass is 35.5. The number of rotatable bonds is 5. The second-order valence-corrected chi connectivity index (χ2v) is 8.67. The van der Waals surface area contributed by atoms with E-state index in [0.29, 0.717) is 16.6 Å². The summed E-state index contributed by atoms with van der Waals surface area (Å²) in [5.74, 6) is 1.25. The average Bonchev–Trinajstić information content (AvgIpc) is 3.22. The molecule has 4 aromatic rings. The van der Waals surface area contributed by atoms with Crippen molar-refractivity contribution in [3.63, 3.8) is 0 Å². The van der Waals surface area contributed by atoms with Crippen molar-refractivity contribution in [3.05, 3.63) is 106 Å². The summed E-state index contributed by atoms with van der Waals surface area (Å²) in [6.07, 6.45) is 0. The maximum atomic E-state index is 6.27. The Morgan fingerprint density at radius 1 is 0.968 bits per heavy atom. The van der Waals surface area contributed by atoms with Gasteiger partial charge in [-0.1, -0.05) is 90.1 Å². The molecule has 0 bridgehead atoms. The molecule has 3 aromatic carbocycles. The molecule has 0 N–H and O–H groups in total. The predicted molar refractivity (Wildman–Crippen MR) is 124 cm³/mol. The Morgan fingerprint density at radius 3 is 2.48 bits per heavy atom. The van der Waals surface area contributed by atoms with Crippen molar-refractivity contribution in [2.45, 2.75) is 23.9 Å². The molecule has 0 aliphatic carbocycles. The van der Waals surface area contributed by atoms with E-state index >= 15 is 0 Å². The summed E-state index contributed by atoms with van der Waals surface area (Å²) >= 11 is 7.91. The third-order valence-electron chi connectivity index (χ3n) is 4.97. The Labute approximate surface area is 189 Å². The van der Waals surface area contributed by atoms with Crippen LogP contribution in [0.1, 0.15) is 27.8 Å². The van der Waals surface area contributed by atoms with Crippen LogP contribution in [0.25, 0.3) is 0 Å². The zero-order chi connectivity index (χ0) is 21.2. The lowest BCUT2D eigenvalue weighted by atomic mass is 10.0. The van der Waals surface area contributed by atoms with Crippen molar-refractivity contribution in [2.24, 2.45) is 5.10 Å². The molecule has 154 valence electrons. The smallest absolute Gasteiger partial charge is 0.213 e. The molecule has 1 aliphatic rings. The SMILES string of the molecule is Cc1ccc(Cl)c(OCc2nnc3n2N=C(c2ccccc2)C(c2ccccc2)S3)c1. The summed E-state index contributed by atoms with van der Waals surface area (Å²) in [5, 5.41) is 15.0. The summed E-state index contributed by atoms with van der Waals surface area (Å²) in [5.41, 5.74) is 4.28. The number of aromatic nitrogens is 3. The fraction of sp³-hybridized carbons (Fsp3) is 0.125. The highest BCUT2D eigenvalue weighted by Gasteiger charge is 2.30. The normalized spacial score (nSPS) is 15.3. The third kappa shape index (κ3) is 4.09. The molecule has 0 fully saturated rings. The van der Waals surface area contributed by atoms with Gasteiger partial charge in [-0.25, -0.2) is 0 Å². The molecular weight excluding hydrogens is 428 g/mol. The van der Waals surface area contributed by atoms with Crippen molar-refractivity contribution in [3.8, 4) is 5.75 Å². The molecule has 0 radical (unpaired) electrons. The summed E-state index contributed by atoms with van der Waals surface area (Å²) in [6, 6.07) is 26.2. The van der Waals surface area contributed by atoms with Crippen molar-refractivity contribution in [1.82, 2.24) is 14.9 Å². The van der Waals surface area contributed by atoms with Gasteiger partial charge in [0.2, 0.25) is 5.16 Å². The number of fused-ring (bicyclic) bond motifs is 1. The van der Waals surface area contributed by atoms with Gasteiger partial charge >= 0.3 is 0 Å². The summed E-state index contributed by atoms with van der Waals surface area (Å²) in [7, 11) is 0. The first-order valence-electron chi connectivity index (χ1n) is 9.88. The van der Waals surface area contributed by atoms with Gasteiger partial charge in [0.25, 0.3) is 0 Å². The minimum atomic E-state index is 0.0280. The second-order valence-electron chi connectivity index (χ2n) is 7.19. The van der Waals surface area contributed by atoms with E-state index in [1.165, 1.54) is 5.56 Å². The Bertz CT molecular complexity index is 1240. The minimum absolute atomic E-state index is 0.0280. The molecule has 0 amide bonds. The van der Waals surface area contributed by atoms with E-state index in [0.717, 1.165) is 22.0 Å². The molecule has 1 atom stereocenters. The lowest BCUT2D eigenvalue weighted by Gasteiger charge is -2.23. The molecule has 31 heavy (non-hydrogen) atoms. The topological polar surface area (TPSA) is 52.3 Å². The monoisotopic (exact) mass is 446 g/mol. The number of ether oxygens (including phenoxy) is 1. The zero-order valence-corrected chi connectivity index (χ0v) is 18.3. The molecule has 0 spiro atoms. The van der Waals surface area contributed by atoms with Crippen molar-refractivity contribution in [1.29, 1.82) is 0 Å². The first kappa shape index (κ1) is 19.8. The van der Waals surface area contributed by atoms with Crippen LogP contribution in [0, 0.1) is 6.92 Å². The average molecular weight is 447 g/mol. The maximum Gasteiger partial charge on any atom is 0.213 e. The van der Waals surface area contributed by atoms with Gasteiger partial charge in [0, 0.05) is 0 Å².